The van der Waals surface area contributed by atoms with Gasteiger partial charge in [0.2, 0.25) is 11.8 Å². The highest BCUT2D eigenvalue weighted by Gasteiger charge is 2.33. The fourth-order valence-electron chi connectivity index (χ4n) is 5.35. The third kappa shape index (κ3) is 4.53. The molecule has 3 heterocycles. The minimum Gasteiger partial charge on any atom is -0.342 e. The molecule has 2 atom stereocenters. The maximum atomic E-state index is 13.7. The fraction of sp³-hybridized carbons (Fsp3) is 0.667. The van der Waals surface area contributed by atoms with Gasteiger partial charge in [-0.2, -0.15) is 0 Å². The van der Waals surface area contributed by atoms with Gasteiger partial charge < -0.3 is 9.80 Å². The van der Waals surface area contributed by atoms with Crippen LogP contribution in [0.2, 0.25) is 0 Å². The standard InChI is InChI=1S/C24H34FN3O2/c1-17-4-3-10-28(15-17)24(30)20-8-11-26(12-9-20)23(29)16-27-13-7-19-5-6-21(25)14-22(19)18(27)2/h5-6,14,17-18,20H,3-4,7-13,15-16H2,1-2H3. The highest BCUT2D eigenvalue weighted by molar-refractivity contribution is 5.81. The topological polar surface area (TPSA) is 43.9 Å². The van der Waals surface area contributed by atoms with Crippen LogP contribution in [0.15, 0.2) is 18.2 Å². The van der Waals surface area contributed by atoms with Gasteiger partial charge in [-0.3, -0.25) is 14.5 Å². The second-order valence-corrected chi connectivity index (χ2v) is 9.43. The van der Waals surface area contributed by atoms with Crippen LogP contribution in [0.25, 0.3) is 0 Å². The van der Waals surface area contributed by atoms with Gasteiger partial charge >= 0.3 is 0 Å². The zero-order chi connectivity index (χ0) is 21.3. The summed E-state index contributed by atoms with van der Waals surface area (Å²) in [6.45, 7) is 8.53. The summed E-state index contributed by atoms with van der Waals surface area (Å²) in [5, 5.41) is 0. The van der Waals surface area contributed by atoms with Crippen LogP contribution in [0.5, 0.6) is 0 Å². The van der Waals surface area contributed by atoms with Crippen LogP contribution in [-0.2, 0) is 16.0 Å². The van der Waals surface area contributed by atoms with E-state index in [9.17, 15) is 14.0 Å². The van der Waals surface area contributed by atoms with E-state index in [0.717, 1.165) is 50.9 Å². The smallest absolute Gasteiger partial charge is 0.236 e. The highest BCUT2D eigenvalue weighted by atomic mass is 19.1. The lowest BCUT2D eigenvalue weighted by molar-refractivity contribution is -0.142. The maximum absolute atomic E-state index is 13.7. The van der Waals surface area contributed by atoms with Gasteiger partial charge in [0.1, 0.15) is 5.82 Å². The van der Waals surface area contributed by atoms with Crippen molar-refractivity contribution in [1.82, 2.24) is 14.7 Å². The van der Waals surface area contributed by atoms with E-state index in [1.54, 1.807) is 6.07 Å². The lowest BCUT2D eigenvalue weighted by atomic mass is 9.92. The molecule has 30 heavy (non-hydrogen) atoms. The molecule has 1 aromatic rings. The monoisotopic (exact) mass is 415 g/mol. The van der Waals surface area contributed by atoms with Crippen LogP contribution >= 0.6 is 0 Å². The number of hydrogen-bond donors (Lipinski definition) is 0. The Kier molecular flexibility index (Phi) is 6.42. The minimum absolute atomic E-state index is 0.0357. The average Bonchev–Trinajstić information content (AvgIpc) is 2.75. The molecule has 2 fully saturated rings. The molecule has 2 unspecified atom stereocenters. The number of nitrogens with zero attached hydrogens (tertiary/aromatic N) is 3. The molecule has 4 rings (SSSR count). The molecule has 164 valence electrons. The van der Waals surface area contributed by atoms with Crippen LogP contribution in [0.3, 0.4) is 0 Å². The molecule has 0 aliphatic carbocycles. The van der Waals surface area contributed by atoms with Crippen molar-refractivity contribution in [2.45, 2.75) is 52.0 Å². The van der Waals surface area contributed by atoms with Gasteiger partial charge in [0, 0.05) is 44.7 Å². The van der Waals surface area contributed by atoms with Crippen molar-refractivity contribution in [2.75, 3.05) is 39.3 Å². The van der Waals surface area contributed by atoms with Gasteiger partial charge in [0.25, 0.3) is 0 Å². The zero-order valence-corrected chi connectivity index (χ0v) is 18.3. The fourth-order valence-corrected chi connectivity index (χ4v) is 5.35. The van der Waals surface area contributed by atoms with E-state index >= 15 is 0 Å². The van der Waals surface area contributed by atoms with Crippen LogP contribution < -0.4 is 0 Å². The molecule has 2 amide bonds. The summed E-state index contributed by atoms with van der Waals surface area (Å²) in [6, 6.07) is 5.02. The SMILES string of the molecule is CC1CCCN(C(=O)C2CCN(C(=O)CN3CCc4ccc(F)cc4C3C)CC2)C1. The summed E-state index contributed by atoms with van der Waals surface area (Å²) < 4.78 is 13.7. The van der Waals surface area contributed by atoms with E-state index in [4.69, 9.17) is 0 Å². The number of halogens is 1. The number of hydrogen-bond acceptors (Lipinski definition) is 3. The third-order valence-electron chi connectivity index (χ3n) is 7.28. The van der Waals surface area contributed by atoms with Gasteiger partial charge in [-0.15, -0.1) is 0 Å². The molecule has 5 nitrogen and oxygen atoms in total. The van der Waals surface area contributed by atoms with E-state index in [2.05, 4.69) is 18.7 Å². The van der Waals surface area contributed by atoms with Gasteiger partial charge in [-0.25, -0.2) is 4.39 Å². The van der Waals surface area contributed by atoms with Crippen LogP contribution in [-0.4, -0.2) is 65.8 Å². The van der Waals surface area contributed by atoms with E-state index in [1.165, 1.54) is 18.1 Å². The molecule has 3 aliphatic heterocycles. The first-order chi connectivity index (χ1) is 14.4. The van der Waals surface area contributed by atoms with Crippen molar-refractivity contribution in [3.63, 3.8) is 0 Å². The van der Waals surface area contributed by atoms with Crippen molar-refractivity contribution in [3.8, 4) is 0 Å². The van der Waals surface area contributed by atoms with Crippen molar-refractivity contribution >= 4 is 11.8 Å². The van der Waals surface area contributed by atoms with E-state index in [1.807, 2.05) is 15.9 Å². The highest BCUT2D eigenvalue weighted by Crippen LogP contribution is 2.30. The lowest BCUT2D eigenvalue weighted by Crippen LogP contribution is -2.49. The van der Waals surface area contributed by atoms with Gasteiger partial charge in [0.05, 0.1) is 6.54 Å². The lowest BCUT2D eigenvalue weighted by Gasteiger charge is -2.39. The summed E-state index contributed by atoms with van der Waals surface area (Å²) in [5.74, 6) is 0.845. The van der Waals surface area contributed by atoms with E-state index < -0.39 is 0 Å². The Labute approximate surface area is 179 Å². The molecule has 0 spiro atoms. The average molecular weight is 416 g/mol. The summed E-state index contributed by atoms with van der Waals surface area (Å²) >= 11 is 0. The normalized spacial score (nSPS) is 25.8. The number of fused-ring (bicyclic) bond motifs is 1. The first-order valence-electron chi connectivity index (χ1n) is 11.5. The van der Waals surface area contributed by atoms with Crippen molar-refractivity contribution < 1.29 is 14.0 Å². The molecule has 0 bridgehead atoms. The largest absolute Gasteiger partial charge is 0.342 e. The molecular formula is C24H34FN3O2. The number of likely N-dealkylation sites (tertiary alicyclic amines) is 2. The zero-order valence-electron chi connectivity index (χ0n) is 18.3. The molecule has 0 saturated carbocycles. The molecule has 0 N–H and O–H groups in total. The van der Waals surface area contributed by atoms with E-state index in [-0.39, 0.29) is 29.6 Å². The van der Waals surface area contributed by atoms with Crippen LogP contribution in [0.1, 0.15) is 56.7 Å². The van der Waals surface area contributed by atoms with Crippen molar-refractivity contribution in [3.05, 3.63) is 35.1 Å². The number of rotatable bonds is 3. The number of benzene rings is 1. The molecular weight excluding hydrogens is 381 g/mol. The van der Waals surface area contributed by atoms with Crippen molar-refractivity contribution in [2.24, 2.45) is 11.8 Å². The summed E-state index contributed by atoms with van der Waals surface area (Å²) in [4.78, 5) is 31.9. The molecule has 0 aromatic heterocycles. The summed E-state index contributed by atoms with van der Waals surface area (Å²) in [6.07, 6.45) is 4.68. The maximum Gasteiger partial charge on any atom is 0.236 e. The first kappa shape index (κ1) is 21.3. The van der Waals surface area contributed by atoms with Gasteiger partial charge in [0.15, 0.2) is 0 Å². The second kappa shape index (κ2) is 9.04. The Morgan fingerprint density at radius 1 is 1.03 bits per heavy atom. The molecule has 3 aliphatic rings. The van der Waals surface area contributed by atoms with Crippen LogP contribution in [0.4, 0.5) is 4.39 Å². The Bertz CT molecular complexity index is 791. The first-order valence-corrected chi connectivity index (χ1v) is 11.5. The Balaban J connectivity index is 1.29. The quantitative estimate of drug-likeness (QED) is 0.761. The number of carbonyl (C=O) groups excluding carboxylic acids is 2. The van der Waals surface area contributed by atoms with Crippen LogP contribution in [0, 0.1) is 17.7 Å². The van der Waals surface area contributed by atoms with E-state index in [0.29, 0.717) is 25.6 Å². The third-order valence-corrected chi connectivity index (χ3v) is 7.28. The van der Waals surface area contributed by atoms with Crippen molar-refractivity contribution in [1.29, 1.82) is 0 Å². The minimum atomic E-state index is -0.219. The number of carbonyl (C=O) groups is 2. The predicted molar refractivity (Wildman–Crippen MR) is 114 cm³/mol. The predicted octanol–water partition coefficient (Wildman–Crippen LogP) is 3.24. The Morgan fingerprint density at radius 2 is 1.80 bits per heavy atom. The summed E-state index contributed by atoms with van der Waals surface area (Å²) in [7, 11) is 0. The molecule has 0 radical (unpaired) electrons. The second-order valence-electron chi connectivity index (χ2n) is 9.43. The van der Waals surface area contributed by atoms with Gasteiger partial charge in [-0.05, 0) is 68.2 Å². The number of amides is 2. The Morgan fingerprint density at radius 3 is 2.53 bits per heavy atom. The number of piperidine rings is 2. The molecule has 1 aromatic carbocycles. The van der Waals surface area contributed by atoms with Gasteiger partial charge in [-0.1, -0.05) is 13.0 Å². The molecule has 2 saturated heterocycles. The summed E-state index contributed by atoms with van der Waals surface area (Å²) in [5.41, 5.74) is 2.17. The molecule has 6 heteroatoms. The Hall–Kier alpha value is -1.95.